The molecule has 2 rings (SSSR count). The van der Waals surface area contributed by atoms with Gasteiger partial charge in [-0.1, -0.05) is 6.92 Å². The maximum atomic E-state index is 13.6. The number of carbonyl (C=O) groups is 1. The highest BCUT2D eigenvalue weighted by atomic mass is 32.2. The summed E-state index contributed by atoms with van der Waals surface area (Å²) in [7, 11) is -3.96. The number of sulfonamides is 1. The van der Waals surface area contributed by atoms with Gasteiger partial charge in [-0.15, -0.1) is 0 Å². The predicted octanol–water partition coefficient (Wildman–Crippen LogP) is 1.25. The summed E-state index contributed by atoms with van der Waals surface area (Å²) >= 11 is 0. The fourth-order valence-electron chi connectivity index (χ4n) is 2.04. The van der Waals surface area contributed by atoms with Crippen LogP contribution in [0.2, 0.25) is 0 Å². The Hall–Kier alpha value is -1.47. The van der Waals surface area contributed by atoms with Crippen molar-refractivity contribution in [3.63, 3.8) is 0 Å². The van der Waals surface area contributed by atoms with E-state index in [0.717, 1.165) is 31.0 Å². The van der Waals surface area contributed by atoms with E-state index in [2.05, 4.69) is 5.32 Å². The van der Waals surface area contributed by atoms with E-state index in [9.17, 15) is 17.6 Å². The third kappa shape index (κ3) is 3.55. The molecular formula is C13H17FN2O3S. The van der Waals surface area contributed by atoms with Crippen LogP contribution in [0.25, 0.3) is 0 Å². The summed E-state index contributed by atoms with van der Waals surface area (Å²) in [6, 6.07) is 2.93. The zero-order chi connectivity index (χ0) is 14.9. The molecule has 7 heteroatoms. The summed E-state index contributed by atoms with van der Waals surface area (Å²) in [5.74, 6) is -0.436. The van der Waals surface area contributed by atoms with Crippen molar-refractivity contribution in [2.75, 3.05) is 6.54 Å². The number of primary sulfonamides is 1. The molecule has 0 saturated heterocycles. The second-order valence-corrected chi connectivity index (χ2v) is 6.77. The van der Waals surface area contributed by atoms with Gasteiger partial charge in [0, 0.05) is 6.54 Å². The van der Waals surface area contributed by atoms with E-state index < -0.39 is 21.7 Å². The van der Waals surface area contributed by atoms with E-state index in [-0.39, 0.29) is 10.5 Å². The van der Waals surface area contributed by atoms with Crippen LogP contribution >= 0.6 is 0 Å². The van der Waals surface area contributed by atoms with Crippen molar-refractivity contribution in [3.05, 3.63) is 29.6 Å². The zero-order valence-corrected chi connectivity index (χ0v) is 11.9. The molecule has 1 aliphatic rings. The molecule has 110 valence electrons. The Bertz CT molecular complexity index is 627. The maximum Gasteiger partial charge on any atom is 0.254 e. The van der Waals surface area contributed by atoms with Crippen molar-refractivity contribution in [1.29, 1.82) is 0 Å². The molecule has 0 bridgehead atoms. The molecule has 5 nitrogen and oxygen atoms in total. The first-order valence-electron chi connectivity index (χ1n) is 6.39. The molecule has 20 heavy (non-hydrogen) atoms. The molecule has 1 saturated carbocycles. The van der Waals surface area contributed by atoms with Crippen LogP contribution in [0.4, 0.5) is 4.39 Å². The molecule has 1 aromatic carbocycles. The standard InChI is InChI=1S/C13H17FN2O3S/c1-8(9-2-3-9)7-16-13(17)11-6-10(20(15,18)19)4-5-12(11)14/h4-6,8-9H,2-3,7H2,1H3,(H,16,17)(H2,15,18,19). The molecule has 1 fully saturated rings. The molecule has 1 aromatic rings. The quantitative estimate of drug-likeness (QED) is 0.857. The monoisotopic (exact) mass is 300 g/mol. The lowest BCUT2D eigenvalue weighted by Crippen LogP contribution is -2.30. The number of hydrogen-bond acceptors (Lipinski definition) is 3. The van der Waals surface area contributed by atoms with Crippen molar-refractivity contribution >= 4 is 15.9 Å². The second kappa shape index (κ2) is 5.49. The summed E-state index contributed by atoms with van der Waals surface area (Å²) in [6.07, 6.45) is 2.32. The number of benzene rings is 1. The fourth-order valence-corrected chi connectivity index (χ4v) is 2.58. The lowest BCUT2D eigenvalue weighted by molar-refractivity contribution is 0.0942. The number of amides is 1. The van der Waals surface area contributed by atoms with Crippen LogP contribution in [-0.2, 0) is 10.0 Å². The van der Waals surface area contributed by atoms with Crippen LogP contribution in [0.5, 0.6) is 0 Å². The van der Waals surface area contributed by atoms with Gasteiger partial charge in [0.25, 0.3) is 5.91 Å². The smallest absolute Gasteiger partial charge is 0.254 e. The largest absolute Gasteiger partial charge is 0.352 e. The third-order valence-electron chi connectivity index (χ3n) is 3.52. The van der Waals surface area contributed by atoms with Gasteiger partial charge < -0.3 is 5.32 Å². The Morgan fingerprint density at radius 1 is 1.50 bits per heavy atom. The number of halogens is 1. The van der Waals surface area contributed by atoms with Gasteiger partial charge in [-0.25, -0.2) is 17.9 Å². The van der Waals surface area contributed by atoms with Gasteiger partial charge in [0.15, 0.2) is 0 Å². The van der Waals surface area contributed by atoms with Gasteiger partial charge in [-0.3, -0.25) is 4.79 Å². The number of nitrogens with two attached hydrogens (primary N) is 1. The molecule has 0 aromatic heterocycles. The van der Waals surface area contributed by atoms with Crippen LogP contribution in [0.15, 0.2) is 23.1 Å². The van der Waals surface area contributed by atoms with Crippen molar-refractivity contribution in [3.8, 4) is 0 Å². The van der Waals surface area contributed by atoms with E-state index in [4.69, 9.17) is 5.14 Å². The average molecular weight is 300 g/mol. The van der Waals surface area contributed by atoms with Crippen LogP contribution in [0, 0.1) is 17.7 Å². The molecule has 0 radical (unpaired) electrons. The minimum absolute atomic E-state index is 0.278. The Morgan fingerprint density at radius 2 is 2.15 bits per heavy atom. The third-order valence-corrected chi connectivity index (χ3v) is 4.43. The minimum atomic E-state index is -3.96. The highest BCUT2D eigenvalue weighted by Crippen LogP contribution is 2.36. The highest BCUT2D eigenvalue weighted by Gasteiger charge is 2.28. The summed E-state index contributed by atoms with van der Waals surface area (Å²) in [6.45, 7) is 2.47. The Morgan fingerprint density at radius 3 is 2.70 bits per heavy atom. The topological polar surface area (TPSA) is 89.3 Å². The Labute approximate surface area is 117 Å². The van der Waals surface area contributed by atoms with Crippen molar-refractivity contribution < 1.29 is 17.6 Å². The number of nitrogens with one attached hydrogen (secondary N) is 1. The van der Waals surface area contributed by atoms with E-state index in [0.29, 0.717) is 18.4 Å². The Kier molecular flexibility index (Phi) is 4.10. The van der Waals surface area contributed by atoms with E-state index >= 15 is 0 Å². The van der Waals surface area contributed by atoms with Crippen LogP contribution in [0.1, 0.15) is 30.1 Å². The maximum absolute atomic E-state index is 13.6. The van der Waals surface area contributed by atoms with E-state index in [1.807, 2.05) is 6.92 Å². The molecule has 1 unspecified atom stereocenters. The summed E-state index contributed by atoms with van der Waals surface area (Å²) < 4.78 is 36.0. The predicted molar refractivity (Wildman–Crippen MR) is 72.0 cm³/mol. The van der Waals surface area contributed by atoms with Crippen LogP contribution < -0.4 is 10.5 Å². The van der Waals surface area contributed by atoms with Gasteiger partial charge in [-0.05, 0) is 42.9 Å². The lowest BCUT2D eigenvalue weighted by Gasteiger charge is -2.12. The number of rotatable bonds is 5. The summed E-state index contributed by atoms with van der Waals surface area (Å²) in [4.78, 5) is 11.6. The van der Waals surface area contributed by atoms with Crippen molar-refractivity contribution in [2.24, 2.45) is 17.0 Å². The van der Waals surface area contributed by atoms with Gasteiger partial charge in [-0.2, -0.15) is 0 Å². The van der Waals surface area contributed by atoms with E-state index in [1.165, 1.54) is 0 Å². The van der Waals surface area contributed by atoms with Crippen molar-refractivity contribution in [1.82, 2.24) is 5.32 Å². The molecule has 0 heterocycles. The van der Waals surface area contributed by atoms with Gasteiger partial charge in [0.1, 0.15) is 5.82 Å². The van der Waals surface area contributed by atoms with Crippen LogP contribution in [0.3, 0.4) is 0 Å². The fraction of sp³-hybridized carbons (Fsp3) is 0.462. The number of hydrogen-bond donors (Lipinski definition) is 2. The van der Waals surface area contributed by atoms with Gasteiger partial charge in [0.2, 0.25) is 10.0 Å². The first-order chi connectivity index (χ1) is 9.29. The van der Waals surface area contributed by atoms with Crippen molar-refractivity contribution in [2.45, 2.75) is 24.7 Å². The van der Waals surface area contributed by atoms with Crippen LogP contribution in [-0.4, -0.2) is 20.9 Å². The molecule has 1 atom stereocenters. The summed E-state index contributed by atoms with van der Waals surface area (Å²) in [5.41, 5.74) is -0.306. The van der Waals surface area contributed by atoms with E-state index in [1.54, 1.807) is 0 Å². The molecule has 3 N–H and O–H groups in total. The SMILES string of the molecule is CC(CNC(=O)c1cc(S(N)(=O)=O)ccc1F)C1CC1. The lowest BCUT2D eigenvalue weighted by atomic mass is 10.1. The molecule has 0 spiro atoms. The molecule has 1 aliphatic carbocycles. The first-order valence-corrected chi connectivity index (χ1v) is 7.94. The molecular weight excluding hydrogens is 283 g/mol. The summed E-state index contributed by atoms with van der Waals surface area (Å²) in [5, 5.41) is 7.59. The second-order valence-electron chi connectivity index (χ2n) is 5.21. The van der Waals surface area contributed by atoms with Gasteiger partial charge in [0.05, 0.1) is 10.5 Å². The Balaban J connectivity index is 2.12. The highest BCUT2D eigenvalue weighted by molar-refractivity contribution is 7.89. The number of carbonyl (C=O) groups excluding carboxylic acids is 1. The normalized spacial score (nSPS) is 16.8. The molecule has 1 amide bonds. The zero-order valence-electron chi connectivity index (χ0n) is 11.1. The first kappa shape index (κ1) is 14.9. The van der Waals surface area contributed by atoms with Gasteiger partial charge >= 0.3 is 0 Å². The average Bonchev–Trinajstić information content (AvgIpc) is 3.18. The minimum Gasteiger partial charge on any atom is -0.352 e. The molecule has 0 aliphatic heterocycles.